The first-order valence-electron chi connectivity index (χ1n) is 10.9. The molecule has 0 unspecified atom stereocenters. The summed E-state index contributed by atoms with van der Waals surface area (Å²) in [6.45, 7) is 1.08. The minimum atomic E-state index is 1.08. The van der Waals surface area contributed by atoms with Crippen molar-refractivity contribution in [1.82, 2.24) is 0 Å². The summed E-state index contributed by atoms with van der Waals surface area (Å²) in [7, 11) is 0. The molecule has 3 rings (SSSR count). The topological polar surface area (TPSA) is 0 Å². The SMILES string of the molecule is C1CCC(CCB(CCC2CCCC2)CCC2CCCC2)C1. The van der Waals surface area contributed by atoms with Gasteiger partial charge < -0.3 is 0 Å². The molecule has 0 aromatic rings. The molecule has 1 heteroatoms. The lowest BCUT2D eigenvalue weighted by Gasteiger charge is -2.19. The van der Waals surface area contributed by atoms with Crippen molar-refractivity contribution in [3.63, 3.8) is 0 Å². The van der Waals surface area contributed by atoms with E-state index in [9.17, 15) is 0 Å². The van der Waals surface area contributed by atoms with Crippen LogP contribution < -0.4 is 0 Å². The van der Waals surface area contributed by atoms with Crippen LogP contribution in [0.2, 0.25) is 19.0 Å². The highest BCUT2D eigenvalue weighted by molar-refractivity contribution is 6.58. The van der Waals surface area contributed by atoms with Crippen molar-refractivity contribution in [3.05, 3.63) is 0 Å². The van der Waals surface area contributed by atoms with Crippen LogP contribution in [0, 0.1) is 17.8 Å². The van der Waals surface area contributed by atoms with Gasteiger partial charge in [-0.15, -0.1) is 0 Å². The van der Waals surface area contributed by atoms with Crippen molar-refractivity contribution in [3.8, 4) is 0 Å². The normalized spacial score (nSPS) is 24.5. The van der Waals surface area contributed by atoms with Crippen molar-refractivity contribution in [1.29, 1.82) is 0 Å². The predicted molar refractivity (Wildman–Crippen MR) is 99.9 cm³/mol. The Morgan fingerprint density at radius 1 is 0.455 bits per heavy atom. The molecule has 0 saturated heterocycles. The molecule has 0 aromatic heterocycles. The maximum absolute atomic E-state index is 1.57. The van der Waals surface area contributed by atoms with Gasteiger partial charge in [0.1, 0.15) is 6.71 Å². The van der Waals surface area contributed by atoms with Gasteiger partial charge in [0.15, 0.2) is 0 Å². The molecule has 3 aliphatic carbocycles. The molecule has 0 amide bonds. The molecular weight excluding hydrogens is 263 g/mol. The van der Waals surface area contributed by atoms with Crippen LogP contribution >= 0.6 is 0 Å². The minimum absolute atomic E-state index is 1.08. The molecule has 22 heavy (non-hydrogen) atoms. The van der Waals surface area contributed by atoms with E-state index in [-0.39, 0.29) is 0 Å². The van der Waals surface area contributed by atoms with Crippen LogP contribution in [0.3, 0.4) is 0 Å². The zero-order valence-electron chi connectivity index (χ0n) is 15.0. The van der Waals surface area contributed by atoms with E-state index in [4.69, 9.17) is 0 Å². The van der Waals surface area contributed by atoms with Crippen LogP contribution in [0.1, 0.15) is 96.3 Å². The van der Waals surface area contributed by atoms with Crippen LogP contribution in [-0.4, -0.2) is 6.71 Å². The third-order valence-corrected chi connectivity index (χ3v) is 7.37. The Morgan fingerprint density at radius 2 is 0.727 bits per heavy atom. The molecule has 0 aliphatic heterocycles. The van der Waals surface area contributed by atoms with Gasteiger partial charge in [0.2, 0.25) is 0 Å². The first kappa shape index (κ1) is 16.9. The summed E-state index contributed by atoms with van der Waals surface area (Å²) in [5.74, 6) is 3.33. The third-order valence-electron chi connectivity index (χ3n) is 7.37. The van der Waals surface area contributed by atoms with Gasteiger partial charge in [-0.25, -0.2) is 0 Å². The molecule has 126 valence electrons. The molecule has 0 aromatic carbocycles. The maximum atomic E-state index is 1.57. The summed E-state index contributed by atoms with van der Waals surface area (Å²) in [6.07, 6.45) is 27.9. The molecule has 3 fully saturated rings. The first-order valence-corrected chi connectivity index (χ1v) is 10.9. The Kier molecular flexibility index (Phi) is 7.21. The van der Waals surface area contributed by atoms with Crippen molar-refractivity contribution in [2.24, 2.45) is 17.8 Å². The van der Waals surface area contributed by atoms with Crippen molar-refractivity contribution in [2.75, 3.05) is 0 Å². The minimum Gasteiger partial charge on any atom is -0.0739 e. The second-order valence-corrected chi connectivity index (χ2v) is 9.05. The fourth-order valence-electron chi connectivity index (χ4n) is 5.74. The highest BCUT2D eigenvalue weighted by Gasteiger charge is 2.24. The molecule has 0 radical (unpaired) electrons. The molecule has 0 N–H and O–H groups in total. The zero-order chi connectivity index (χ0) is 15.0. The van der Waals surface area contributed by atoms with Crippen LogP contribution in [-0.2, 0) is 0 Å². The third kappa shape index (κ3) is 5.61. The van der Waals surface area contributed by atoms with Crippen LogP contribution in [0.4, 0.5) is 0 Å². The molecule has 0 bridgehead atoms. The Labute approximate surface area is 140 Å². The summed E-state index contributed by atoms with van der Waals surface area (Å²) in [5.41, 5.74) is 0. The Balaban J connectivity index is 1.38. The number of rotatable bonds is 9. The van der Waals surface area contributed by atoms with Gasteiger partial charge in [-0.05, 0) is 17.8 Å². The Hall–Kier alpha value is 0.0649. The highest BCUT2D eigenvalue weighted by Crippen LogP contribution is 2.35. The summed E-state index contributed by atoms with van der Waals surface area (Å²) >= 11 is 0. The fraction of sp³-hybridized carbons (Fsp3) is 1.00. The molecule has 0 heterocycles. The summed E-state index contributed by atoms with van der Waals surface area (Å²) in [4.78, 5) is 0. The summed E-state index contributed by atoms with van der Waals surface area (Å²) in [6, 6.07) is 0. The van der Waals surface area contributed by atoms with Gasteiger partial charge in [-0.2, -0.15) is 0 Å². The lowest BCUT2D eigenvalue weighted by Crippen LogP contribution is -2.16. The van der Waals surface area contributed by atoms with Crippen LogP contribution in [0.15, 0.2) is 0 Å². The summed E-state index contributed by atoms with van der Waals surface area (Å²) in [5, 5.41) is 0. The van der Waals surface area contributed by atoms with E-state index in [0.717, 1.165) is 24.5 Å². The molecular formula is C21H39B. The van der Waals surface area contributed by atoms with Crippen LogP contribution in [0.25, 0.3) is 0 Å². The zero-order valence-corrected chi connectivity index (χ0v) is 15.0. The second kappa shape index (κ2) is 9.38. The number of hydrogen-bond donors (Lipinski definition) is 0. The Bertz CT molecular complexity index is 235. The van der Waals surface area contributed by atoms with Gasteiger partial charge in [0.05, 0.1) is 0 Å². The van der Waals surface area contributed by atoms with Crippen LogP contribution in [0.5, 0.6) is 0 Å². The molecule has 0 spiro atoms. The van der Waals surface area contributed by atoms with E-state index < -0.39 is 0 Å². The average molecular weight is 302 g/mol. The van der Waals surface area contributed by atoms with Gasteiger partial charge >= 0.3 is 0 Å². The lowest BCUT2D eigenvalue weighted by molar-refractivity contribution is 0.507. The smallest absolute Gasteiger partial charge is 0.0739 e. The summed E-state index contributed by atoms with van der Waals surface area (Å²) < 4.78 is 0. The van der Waals surface area contributed by atoms with Crippen molar-refractivity contribution < 1.29 is 0 Å². The molecule has 0 nitrogen and oxygen atoms in total. The fourth-order valence-corrected chi connectivity index (χ4v) is 5.74. The monoisotopic (exact) mass is 302 g/mol. The van der Waals surface area contributed by atoms with Crippen molar-refractivity contribution in [2.45, 2.75) is 115 Å². The van der Waals surface area contributed by atoms with Gasteiger partial charge in [0, 0.05) is 0 Å². The highest BCUT2D eigenvalue weighted by atomic mass is 14.2. The van der Waals surface area contributed by atoms with Gasteiger partial charge in [-0.3, -0.25) is 0 Å². The molecule has 0 atom stereocenters. The second-order valence-electron chi connectivity index (χ2n) is 9.05. The van der Waals surface area contributed by atoms with E-state index in [1.807, 2.05) is 0 Å². The standard InChI is InChI=1S/C21H39B/c1-2-8-19(7-1)13-16-22(17-14-20-9-3-4-10-20)18-15-21-11-5-6-12-21/h19-21H,1-18H2. The average Bonchev–Trinajstić information content (AvgIpc) is 3.29. The number of hydrogen-bond acceptors (Lipinski definition) is 0. The maximum Gasteiger partial charge on any atom is 0.139 e. The first-order chi connectivity index (χ1) is 10.9. The Morgan fingerprint density at radius 3 is 1.00 bits per heavy atom. The van der Waals surface area contributed by atoms with E-state index in [0.29, 0.717) is 0 Å². The molecule has 3 saturated carbocycles. The quantitative estimate of drug-likeness (QED) is 0.394. The molecule has 3 aliphatic rings. The lowest BCUT2D eigenvalue weighted by atomic mass is 9.40. The van der Waals surface area contributed by atoms with Crippen molar-refractivity contribution >= 4 is 6.71 Å². The van der Waals surface area contributed by atoms with Gasteiger partial charge in [0.25, 0.3) is 0 Å². The van der Waals surface area contributed by atoms with E-state index in [2.05, 4.69) is 0 Å². The van der Waals surface area contributed by atoms with Gasteiger partial charge in [-0.1, -0.05) is 115 Å². The van der Waals surface area contributed by atoms with E-state index in [1.165, 1.54) is 38.5 Å². The van der Waals surface area contributed by atoms with E-state index >= 15 is 0 Å². The largest absolute Gasteiger partial charge is 0.139 e. The van der Waals surface area contributed by atoms with E-state index in [1.54, 1.807) is 76.7 Å². The predicted octanol–water partition coefficient (Wildman–Crippen LogP) is 7.22.